The van der Waals surface area contributed by atoms with Crippen LogP contribution in [0.1, 0.15) is 19.3 Å². The fourth-order valence-electron chi connectivity index (χ4n) is 2.78. The van der Waals surface area contributed by atoms with Gasteiger partial charge >= 0.3 is 0 Å². The van der Waals surface area contributed by atoms with Gasteiger partial charge in [0.1, 0.15) is 0 Å². The van der Waals surface area contributed by atoms with E-state index in [1.54, 1.807) is 30.3 Å². The number of ether oxygens (including phenoxy) is 2. The summed E-state index contributed by atoms with van der Waals surface area (Å²) in [4.78, 5) is 12.0. The fraction of sp³-hybridized carbons (Fsp3) is 0.316. The maximum absolute atomic E-state index is 12.7. The molecule has 0 bridgehead atoms. The second kappa shape index (κ2) is 7.11. The van der Waals surface area contributed by atoms with Crippen molar-refractivity contribution in [3.63, 3.8) is 0 Å². The molecule has 1 aliphatic heterocycles. The Morgan fingerprint density at radius 3 is 2.48 bits per heavy atom. The first-order valence-electron chi connectivity index (χ1n) is 8.85. The third-order valence-corrected chi connectivity index (χ3v) is 5.74. The quantitative estimate of drug-likeness (QED) is 0.821. The standard InChI is InChI=1S/C19H20N2O5S/c22-19(13-5-6-13)20-14-3-1-4-15(11-14)21-27(23,24)16-7-8-17-18(12-16)26-10-2-9-25-17/h1,3-4,7-8,11-13,21H,2,5-6,9-10H2,(H,20,22). The van der Waals surface area contributed by atoms with Crippen molar-refractivity contribution in [3.05, 3.63) is 42.5 Å². The Morgan fingerprint density at radius 2 is 1.70 bits per heavy atom. The molecule has 7 nitrogen and oxygen atoms in total. The van der Waals surface area contributed by atoms with Gasteiger partial charge < -0.3 is 14.8 Å². The maximum atomic E-state index is 12.7. The van der Waals surface area contributed by atoms with Crippen molar-refractivity contribution in [1.29, 1.82) is 0 Å². The molecule has 2 aromatic carbocycles. The highest BCUT2D eigenvalue weighted by Gasteiger charge is 2.29. The smallest absolute Gasteiger partial charge is 0.262 e. The number of rotatable bonds is 5. The van der Waals surface area contributed by atoms with Crippen LogP contribution >= 0.6 is 0 Å². The number of carbonyl (C=O) groups is 1. The van der Waals surface area contributed by atoms with E-state index in [2.05, 4.69) is 10.0 Å². The van der Waals surface area contributed by atoms with E-state index in [9.17, 15) is 13.2 Å². The molecular formula is C19H20N2O5S. The average molecular weight is 388 g/mol. The van der Waals surface area contributed by atoms with Crippen LogP contribution < -0.4 is 19.5 Å². The van der Waals surface area contributed by atoms with Gasteiger partial charge in [-0.3, -0.25) is 9.52 Å². The molecule has 0 saturated heterocycles. The van der Waals surface area contributed by atoms with Gasteiger partial charge in [0.05, 0.1) is 23.8 Å². The molecule has 0 radical (unpaired) electrons. The second-order valence-electron chi connectivity index (χ2n) is 6.61. The third kappa shape index (κ3) is 4.16. The van der Waals surface area contributed by atoms with Crippen LogP contribution in [0.25, 0.3) is 0 Å². The monoisotopic (exact) mass is 388 g/mol. The zero-order chi connectivity index (χ0) is 18.9. The predicted molar refractivity (Wildman–Crippen MR) is 101 cm³/mol. The van der Waals surface area contributed by atoms with Gasteiger partial charge in [0.2, 0.25) is 5.91 Å². The molecule has 2 aromatic rings. The van der Waals surface area contributed by atoms with Crippen LogP contribution in [-0.4, -0.2) is 27.5 Å². The molecule has 4 rings (SSSR count). The lowest BCUT2D eigenvalue weighted by Crippen LogP contribution is -2.15. The van der Waals surface area contributed by atoms with Crippen LogP contribution in [-0.2, 0) is 14.8 Å². The SMILES string of the molecule is O=C(Nc1cccc(NS(=O)(=O)c2ccc3c(c2)OCCCO3)c1)C1CC1. The van der Waals surface area contributed by atoms with Gasteiger partial charge in [0.25, 0.3) is 10.0 Å². The Hall–Kier alpha value is -2.74. The highest BCUT2D eigenvalue weighted by atomic mass is 32.2. The Bertz CT molecular complexity index is 970. The Balaban J connectivity index is 1.53. The summed E-state index contributed by atoms with van der Waals surface area (Å²) in [5.41, 5.74) is 0.932. The molecule has 1 heterocycles. The highest BCUT2D eigenvalue weighted by Crippen LogP contribution is 2.33. The van der Waals surface area contributed by atoms with Crippen molar-refractivity contribution in [2.24, 2.45) is 5.92 Å². The zero-order valence-corrected chi connectivity index (χ0v) is 15.4. The van der Waals surface area contributed by atoms with Crippen LogP contribution in [0.15, 0.2) is 47.4 Å². The highest BCUT2D eigenvalue weighted by molar-refractivity contribution is 7.92. The van der Waals surface area contributed by atoms with Crippen molar-refractivity contribution in [1.82, 2.24) is 0 Å². The number of benzene rings is 2. The van der Waals surface area contributed by atoms with Crippen molar-refractivity contribution in [2.75, 3.05) is 23.3 Å². The lowest BCUT2D eigenvalue weighted by molar-refractivity contribution is -0.117. The molecule has 8 heteroatoms. The van der Waals surface area contributed by atoms with Crippen molar-refractivity contribution >= 4 is 27.3 Å². The normalized spacial score (nSPS) is 16.3. The second-order valence-corrected chi connectivity index (χ2v) is 8.29. The summed E-state index contributed by atoms with van der Waals surface area (Å²) in [6.45, 7) is 1.02. The van der Waals surface area contributed by atoms with Crippen LogP contribution in [0.3, 0.4) is 0 Å². The van der Waals surface area contributed by atoms with E-state index >= 15 is 0 Å². The number of amides is 1. The maximum Gasteiger partial charge on any atom is 0.262 e. The Kier molecular flexibility index (Phi) is 4.65. The summed E-state index contributed by atoms with van der Waals surface area (Å²) in [6, 6.07) is 11.2. The number of hydrogen-bond donors (Lipinski definition) is 2. The number of hydrogen-bond acceptors (Lipinski definition) is 5. The van der Waals surface area contributed by atoms with Crippen molar-refractivity contribution in [3.8, 4) is 11.5 Å². The Morgan fingerprint density at radius 1 is 0.963 bits per heavy atom. The van der Waals surface area contributed by atoms with E-state index in [4.69, 9.17) is 9.47 Å². The van der Waals surface area contributed by atoms with E-state index in [-0.39, 0.29) is 16.7 Å². The van der Waals surface area contributed by atoms with Gasteiger partial charge in [-0.2, -0.15) is 0 Å². The number of nitrogens with one attached hydrogen (secondary N) is 2. The van der Waals surface area contributed by atoms with Gasteiger partial charge in [0.15, 0.2) is 11.5 Å². The number of sulfonamides is 1. The summed E-state index contributed by atoms with van der Waals surface area (Å²) < 4.78 is 39.1. The van der Waals surface area contributed by atoms with Gasteiger partial charge in [-0.15, -0.1) is 0 Å². The van der Waals surface area contributed by atoms with E-state index in [1.165, 1.54) is 12.1 Å². The molecule has 0 unspecified atom stereocenters. The van der Waals surface area contributed by atoms with Crippen LogP contribution in [0.4, 0.5) is 11.4 Å². The lowest BCUT2D eigenvalue weighted by atomic mass is 10.2. The van der Waals surface area contributed by atoms with Crippen molar-refractivity contribution < 1.29 is 22.7 Å². The summed E-state index contributed by atoms with van der Waals surface area (Å²) >= 11 is 0. The molecule has 1 fully saturated rings. The fourth-order valence-corrected chi connectivity index (χ4v) is 3.84. The minimum atomic E-state index is -3.81. The average Bonchev–Trinajstić information content (AvgIpc) is 3.48. The summed E-state index contributed by atoms with van der Waals surface area (Å²) in [6.07, 6.45) is 2.55. The molecule has 0 spiro atoms. The van der Waals surface area contributed by atoms with Crippen LogP contribution in [0, 0.1) is 5.92 Å². The van der Waals surface area contributed by atoms with Gasteiger partial charge in [-0.05, 0) is 43.2 Å². The number of anilines is 2. The molecular weight excluding hydrogens is 368 g/mol. The third-order valence-electron chi connectivity index (χ3n) is 4.36. The largest absolute Gasteiger partial charge is 0.490 e. The molecule has 1 amide bonds. The molecule has 1 aliphatic carbocycles. The first kappa shape index (κ1) is 17.7. The molecule has 142 valence electrons. The molecule has 2 aliphatic rings. The Labute approximate surface area is 157 Å². The molecule has 0 aromatic heterocycles. The molecule has 0 atom stereocenters. The minimum Gasteiger partial charge on any atom is -0.490 e. The first-order valence-corrected chi connectivity index (χ1v) is 10.3. The van der Waals surface area contributed by atoms with Gasteiger partial charge in [0, 0.05) is 24.1 Å². The predicted octanol–water partition coefficient (Wildman–Crippen LogP) is 3.00. The van der Waals surface area contributed by atoms with E-state index < -0.39 is 10.0 Å². The number of carbonyl (C=O) groups excluding carboxylic acids is 1. The topological polar surface area (TPSA) is 93.7 Å². The molecule has 27 heavy (non-hydrogen) atoms. The lowest BCUT2D eigenvalue weighted by Gasteiger charge is -2.12. The summed E-state index contributed by atoms with van der Waals surface area (Å²) in [5.74, 6) is 1.00. The van der Waals surface area contributed by atoms with E-state index in [0.717, 1.165) is 19.3 Å². The van der Waals surface area contributed by atoms with Gasteiger partial charge in [-0.1, -0.05) is 6.07 Å². The van der Waals surface area contributed by atoms with E-state index in [0.29, 0.717) is 36.1 Å². The first-order chi connectivity index (χ1) is 13.0. The summed E-state index contributed by atoms with van der Waals surface area (Å²) in [7, 11) is -3.81. The molecule has 1 saturated carbocycles. The minimum absolute atomic E-state index is 0.0297. The number of fused-ring (bicyclic) bond motifs is 1. The van der Waals surface area contributed by atoms with E-state index in [1.807, 2.05) is 0 Å². The van der Waals surface area contributed by atoms with Crippen LogP contribution in [0.5, 0.6) is 11.5 Å². The van der Waals surface area contributed by atoms with Gasteiger partial charge in [-0.25, -0.2) is 8.42 Å². The zero-order valence-electron chi connectivity index (χ0n) is 14.6. The molecule has 2 N–H and O–H groups in total. The van der Waals surface area contributed by atoms with Crippen LogP contribution in [0.2, 0.25) is 0 Å². The summed E-state index contributed by atoms with van der Waals surface area (Å²) in [5, 5.41) is 2.81. The van der Waals surface area contributed by atoms with Crippen molar-refractivity contribution in [2.45, 2.75) is 24.2 Å².